The summed E-state index contributed by atoms with van der Waals surface area (Å²) in [5.74, 6) is 3.07. The number of aromatic nitrogens is 4. The molecule has 0 atom stereocenters. The molecule has 0 amide bonds. The minimum Gasteiger partial charge on any atom is -0.355 e. The van der Waals surface area contributed by atoms with Crippen molar-refractivity contribution < 1.29 is 0 Å². The first-order valence-corrected chi connectivity index (χ1v) is 9.95. The van der Waals surface area contributed by atoms with Crippen LogP contribution < -0.4 is 10.6 Å². The molecule has 3 aromatic rings. The highest BCUT2D eigenvalue weighted by Gasteiger charge is 2.32. The molecule has 2 aliphatic rings. The Balaban J connectivity index is 0.00000112. The smallest absolute Gasteiger partial charge is 0.134 e. The van der Waals surface area contributed by atoms with Crippen molar-refractivity contribution in [1.29, 1.82) is 0 Å². The predicted octanol–water partition coefficient (Wildman–Crippen LogP) is 4.04. The van der Waals surface area contributed by atoms with Crippen LogP contribution in [0.4, 0.5) is 5.82 Å². The zero-order valence-electron chi connectivity index (χ0n) is 15.6. The van der Waals surface area contributed by atoms with E-state index >= 15 is 0 Å². The third-order valence-electron chi connectivity index (χ3n) is 5.41. The van der Waals surface area contributed by atoms with Gasteiger partial charge in [-0.1, -0.05) is 6.07 Å². The summed E-state index contributed by atoms with van der Waals surface area (Å²) in [5.41, 5.74) is 10.3. The molecule has 2 N–H and O–H groups in total. The second-order valence-electron chi connectivity index (χ2n) is 7.66. The molecule has 28 heavy (non-hydrogen) atoms. The van der Waals surface area contributed by atoms with Crippen LogP contribution in [-0.2, 0) is 6.54 Å². The van der Waals surface area contributed by atoms with Gasteiger partial charge in [0, 0.05) is 43.2 Å². The molecular weight excluding hydrogens is 415 g/mol. The molecule has 2 aliphatic carbocycles. The summed E-state index contributed by atoms with van der Waals surface area (Å²) in [5, 5.41) is 0. The summed E-state index contributed by atoms with van der Waals surface area (Å²) in [6.07, 6.45) is 4.50. The highest BCUT2D eigenvalue weighted by Crippen LogP contribution is 2.41. The van der Waals surface area contributed by atoms with Crippen LogP contribution in [-0.4, -0.2) is 31.8 Å². The van der Waals surface area contributed by atoms with E-state index in [4.69, 9.17) is 15.7 Å². The van der Waals surface area contributed by atoms with Crippen LogP contribution in [0.15, 0.2) is 24.3 Å². The third kappa shape index (κ3) is 4.22. The Kier molecular flexibility index (Phi) is 6.39. The van der Waals surface area contributed by atoms with E-state index in [1.54, 1.807) is 0 Å². The maximum atomic E-state index is 5.99. The summed E-state index contributed by atoms with van der Waals surface area (Å²) >= 11 is 1.26. The summed E-state index contributed by atoms with van der Waals surface area (Å²) < 4.78 is 8.62. The lowest BCUT2D eigenvalue weighted by Gasteiger charge is -2.32. The minimum absolute atomic E-state index is 0. The van der Waals surface area contributed by atoms with Gasteiger partial charge in [0.05, 0.1) is 11.7 Å². The minimum atomic E-state index is 0. The molecule has 0 unspecified atom stereocenters. The van der Waals surface area contributed by atoms with Crippen molar-refractivity contribution in [3.05, 3.63) is 41.3 Å². The monoisotopic (exact) mass is 438 g/mol. The molecule has 0 spiro atoms. The number of rotatable bonds is 5. The van der Waals surface area contributed by atoms with Gasteiger partial charge in [0.1, 0.15) is 22.7 Å². The van der Waals surface area contributed by atoms with E-state index in [0.29, 0.717) is 17.9 Å². The molecule has 150 valence electrons. The number of halogens is 2. The lowest BCUT2D eigenvalue weighted by atomic mass is 9.78. The number of fused-ring (bicyclic) bond motifs is 1. The van der Waals surface area contributed by atoms with Crippen molar-refractivity contribution in [2.24, 2.45) is 5.73 Å². The highest BCUT2D eigenvalue weighted by atomic mass is 35.5. The van der Waals surface area contributed by atoms with Crippen molar-refractivity contribution in [1.82, 2.24) is 18.7 Å². The molecule has 0 saturated heterocycles. The molecular formula is C19H24Cl2N6S. The van der Waals surface area contributed by atoms with Crippen LogP contribution in [0.1, 0.15) is 54.6 Å². The summed E-state index contributed by atoms with van der Waals surface area (Å²) in [7, 11) is 2.10. The van der Waals surface area contributed by atoms with Crippen LogP contribution in [0.2, 0.25) is 0 Å². The molecule has 0 bridgehead atoms. The quantitative estimate of drug-likeness (QED) is 0.646. The van der Waals surface area contributed by atoms with Gasteiger partial charge in [0.25, 0.3) is 0 Å². The summed E-state index contributed by atoms with van der Waals surface area (Å²) in [6, 6.07) is 8.77. The number of nitrogens with two attached hydrogens (primary N) is 1. The van der Waals surface area contributed by atoms with Crippen molar-refractivity contribution in [3.63, 3.8) is 0 Å². The van der Waals surface area contributed by atoms with E-state index in [1.807, 2.05) is 6.07 Å². The van der Waals surface area contributed by atoms with Gasteiger partial charge in [0.2, 0.25) is 0 Å². The van der Waals surface area contributed by atoms with Crippen molar-refractivity contribution in [3.8, 4) is 0 Å². The van der Waals surface area contributed by atoms with Gasteiger partial charge in [-0.05, 0) is 43.4 Å². The van der Waals surface area contributed by atoms with Gasteiger partial charge in [-0.3, -0.25) is 0 Å². The van der Waals surface area contributed by atoms with E-state index in [1.165, 1.54) is 35.8 Å². The second kappa shape index (κ2) is 8.45. The van der Waals surface area contributed by atoms with Gasteiger partial charge < -0.3 is 10.6 Å². The highest BCUT2D eigenvalue weighted by molar-refractivity contribution is 7.00. The number of anilines is 1. The fraction of sp³-hybridized carbons (Fsp3) is 0.474. The SMILES string of the molecule is CN(Cc1ccc2nsnc2c1)c1cc(C2CC(N)C2)nc(C2CC2)n1.Cl.Cl. The van der Waals surface area contributed by atoms with E-state index in [0.717, 1.165) is 42.1 Å². The van der Waals surface area contributed by atoms with E-state index < -0.39 is 0 Å². The molecule has 2 fully saturated rings. The Morgan fingerprint density at radius 3 is 2.50 bits per heavy atom. The fourth-order valence-corrected chi connectivity index (χ4v) is 4.10. The predicted molar refractivity (Wildman–Crippen MR) is 118 cm³/mol. The van der Waals surface area contributed by atoms with Gasteiger partial charge in [0.15, 0.2) is 0 Å². The van der Waals surface area contributed by atoms with Crippen molar-refractivity contribution >= 4 is 53.4 Å². The average Bonchev–Trinajstić information content (AvgIpc) is 3.37. The number of hydrogen-bond acceptors (Lipinski definition) is 7. The van der Waals surface area contributed by atoms with Crippen LogP contribution >= 0.6 is 36.5 Å². The normalized spacial score (nSPS) is 20.8. The molecule has 9 heteroatoms. The van der Waals surface area contributed by atoms with Crippen molar-refractivity contribution in [2.45, 2.75) is 50.1 Å². The summed E-state index contributed by atoms with van der Waals surface area (Å²) in [4.78, 5) is 11.9. The van der Waals surface area contributed by atoms with Crippen LogP contribution in [0.25, 0.3) is 11.0 Å². The van der Waals surface area contributed by atoms with Crippen LogP contribution in [0.3, 0.4) is 0 Å². The standard InChI is InChI=1S/C19H22N6S.2ClH/c1-25(10-11-2-5-15-17(6-11)24-26-23-15)18-9-16(13-7-14(20)8-13)21-19(22-18)12-3-4-12;;/h2,5-6,9,12-14H,3-4,7-8,10,20H2,1H3;2*1H. The molecule has 6 nitrogen and oxygen atoms in total. The number of nitrogens with zero attached hydrogens (tertiary/aromatic N) is 5. The van der Waals surface area contributed by atoms with Gasteiger partial charge in [-0.25, -0.2) is 9.97 Å². The van der Waals surface area contributed by atoms with Crippen LogP contribution in [0.5, 0.6) is 0 Å². The van der Waals surface area contributed by atoms with Crippen LogP contribution in [0, 0.1) is 0 Å². The largest absolute Gasteiger partial charge is 0.355 e. The lowest BCUT2D eigenvalue weighted by Crippen LogP contribution is -2.35. The molecule has 2 heterocycles. The molecule has 0 aliphatic heterocycles. The molecule has 2 saturated carbocycles. The molecule has 2 aromatic heterocycles. The Morgan fingerprint density at radius 2 is 1.79 bits per heavy atom. The third-order valence-corrected chi connectivity index (χ3v) is 5.97. The first-order chi connectivity index (χ1) is 12.7. The average molecular weight is 439 g/mol. The Hall–Kier alpha value is -1.54. The van der Waals surface area contributed by atoms with Gasteiger partial charge >= 0.3 is 0 Å². The zero-order chi connectivity index (χ0) is 17.7. The number of benzene rings is 1. The number of hydrogen-bond donors (Lipinski definition) is 1. The van der Waals surface area contributed by atoms with Gasteiger partial charge in [-0.2, -0.15) is 8.75 Å². The fourth-order valence-electron chi connectivity index (χ4n) is 3.58. The summed E-state index contributed by atoms with van der Waals surface area (Å²) in [6.45, 7) is 0.790. The first-order valence-electron chi connectivity index (χ1n) is 9.22. The Bertz CT molecular complexity index is 955. The van der Waals surface area contributed by atoms with E-state index in [2.05, 4.69) is 38.9 Å². The Morgan fingerprint density at radius 1 is 1.04 bits per heavy atom. The second-order valence-corrected chi connectivity index (χ2v) is 8.18. The van der Waals surface area contributed by atoms with E-state index in [-0.39, 0.29) is 24.8 Å². The van der Waals surface area contributed by atoms with Crippen molar-refractivity contribution in [2.75, 3.05) is 11.9 Å². The molecule has 0 radical (unpaired) electrons. The molecule has 1 aromatic carbocycles. The zero-order valence-corrected chi connectivity index (χ0v) is 18.1. The topological polar surface area (TPSA) is 80.8 Å². The maximum absolute atomic E-state index is 5.99. The molecule has 5 rings (SSSR count). The van der Waals surface area contributed by atoms with Gasteiger partial charge in [-0.15, -0.1) is 24.8 Å². The first kappa shape index (κ1) is 21.2. The maximum Gasteiger partial charge on any atom is 0.134 e. The Labute approximate surface area is 181 Å². The van der Waals surface area contributed by atoms with E-state index in [9.17, 15) is 0 Å². The lowest BCUT2D eigenvalue weighted by molar-refractivity contribution is 0.344.